The number of nitrogens with two attached hydrogens (primary N) is 1. The summed E-state index contributed by atoms with van der Waals surface area (Å²) in [5.41, 5.74) is 7.82. The average Bonchev–Trinajstić information content (AvgIpc) is 2.64. The third-order valence-electron chi connectivity index (χ3n) is 3.85. The Morgan fingerprint density at radius 2 is 2.11 bits per heavy atom. The lowest BCUT2D eigenvalue weighted by Gasteiger charge is -2.12. The van der Waals surface area contributed by atoms with Gasteiger partial charge >= 0.3 is 0 Å². The van der Waals surface area contributed by atoms with E-state index in [0.29, 0.717) is 27.9 Å². The summed E-state index contributed by atoms with van der Waals surface area (Å²) in [5, 5.41) is 11.6. The number of nitriles is 1. The standard InChI is InChI=1S/C19H20FN5O2/c1-11-7-15(8-14(16(11)20)4-5-27-19(22)23-3)25-18(26)17-12(2)6-13(9-21)10-24-17/h6-8,10H,4-5H2,1-3H3,(H2,22,23)(H,25,26). The van der Waals surface area contributed by atoms with Crippen molar-refractivity contribution in [2.45, 2.75) is 20.3 Å². The number of aryl methyl sites for hydroxylation is 2. The molecule has 27 heavy (non-hydrogen) atoms. The van der Waals surface area contributed by atoms with Crippen molar-refractivity contribution in [1.82, 2.24) is 4.98 Å². The van der Waals surface area contributed by atoms with Crippen molar-refractivity contribution >= 4 is 17.6 Å². The fourth-order valence-electron chi connectivity index (χ4n) is 2.49. The average molecular weight is 369 g/mol. The molecule has 8 heteroatoms. The molecule has 0 aliphatic carbocycles. The van der Waals surface area contributed by atoms with Crippen molar-refractivity contribution < 1.29 is 13.9 Å². The largest absolute Gasteiger partial charge is 0.465 e. The molecule has 0 fully saturated rings. The lowest BCUT2D eigenvalue weighted by molar-refractivity contribution is 0.102. The van der Waals surface area contributed by atoms with Crippen LogP contribution in [-0.2, 0) is 11.2 Å². The first kappa shape index (κ1) is 19.8. The lowest BCUT2D eigenvalue weighted by atomic mass is 10.1. The van der Waals surface area contributed by atoms with Gasteiger partial charge in [0.15, 0.2) is 0 Å². The van der Waals surface area contributed by atoms with Crippen molar-refractivity contribution in [2.75, 3.05) is 19.0 Å². The predicted molar refractivity (Wildman–Crippen MR) is 100.0 cm³/mol. The van der Waals surface area contributed by atoms with Gasteiger partial charge in [0.25, 0.3) is 11.9 Å². The SMILES string of the molecule is CN=C(N)OCCc1cc(NC(=O)c2ncc(C#N)cc2C)cc(C)c1F. The summed E-state index contributed by atoms with van der Waals surface area (Å²) in [4.78, 5) is 20.2. The first-order chi connectivity index (χ1) is 12.8. The van der Waals surface area contributed by atoms with Crippen LogP contribution in [-0.4, -0.2) is 30.6 Å². The number of benzene rings is 1. The van der Waals surface area contributed by atoms with E-state index in [1.807, 2.05) is 6.07 Å². The zero-order chi connectivity index (χ0) is 20.0. The molecule has 0 unspecified atom stereocenters. The molecule has 2 aromatic rings. The molecule has 0 aliphatic rings. The number of amidine groups is 1. The number of carbonyl (C=O) groups excluding carboxylic acids is 1. The molecule has 0 spiro atoms. The van der Waals surface area contributed by atoms with Crippen LogP contribution in [0.15, 0.2) is 29.4 Å². The van der Waals surface area contributed by atoms with Crippen LogP contribution in [0.3, 0.4) is 0 Å². The predicted octanol–water partition coefficient (Wildman–Crippen LogP) is 2.47. The molecule has 0 atom stereocenters. The van der Waals surface area contributed by atoms with E-state index in [1.165, 1.54) is 13.2 Å². The second kappa shape index (κ2) is 8.76. The molecular formula is C19H20FN5O2. The number of carbonyl (C=O) groups is 1. The first-order valence-corrected chi connectivity index (χ1v) is 8.18. The minimum absolute atomic E-state index is 0.0268. The van der Waals surface area contributed by atoms with E-state index >= 15 is 0 Å². The summed E-state index contributed by atoms with van der Waals surface area (Å²) in [6.45, 7) is 3.47. The van der Waals surface area contributed by atoms with Gasteiger partial charge in [-0.15, -0.1) is 0 Å². The number of amides is 1. The molecule has 0 radical (unpaired) electrons. The van der Waals surface area contributed by atoms with Gasteiger partial charge in [0.1, 0.15) is 17.6 Å². The van der Waals surface area contributed by atoms with E-state index in [1.54, 1.807) is 32.0 Å². The quantitative estimate of drug-likeness (QED) is 0.621. The minimum Gasteiger partial charge on any atom is -0.465 e. The van der Waals surface area contributed by atoms with Crippen LogP contribution >= 0.6 is 0 Å². The van der Waals surface area contributed by atoms with Crippen molar-refractivity contribution in [3.8, 4) is 6.07 Å². The topological polar surface area (TPSA) is 113 Å². The van der Waals surface area contributed by atoms with E-state index in [4.69, 9.17) is 15.7 Å². The molecule has 0 saturated heterocycles. The van der Waals surface area contributed by atoms with Crippen LogP contribution in [0.1, 0.15) is 32.7 Å². The van der Waals surface area contributed by atoms with Crippen molar-refractivity contribution in [3.63, 3.8) is 0 Å². The Bertz CT molecular complexity index is 934. The van der Waals surface area contributed by atoms with Gasteiger partial charge in [-0.1, -0.05) is 0 Å². The van der Waals surface area contributed by atoms with Crippen LogP contribution in [0.5, 0.6) is 0 Å². The molecule has 7 nitrogen and oxygen atoms in total. The number of nitrogens with one attached hydrogen (secondary N) is 1. The van der Waals surface area contributed by atoms with Gasteiger partial charge in [0.05, 0.1) is 12.2 Å². The number of aliphatic imine (C=N–C) groups is 1. The smallest absolute Gasteiger partial charge is 0.281 e. The van der Waals surface area contributed by atoms with Crippen molar-refractivity contribution in [2.24, 2.45) is 10.7 Å². The monoisotopic (exact) mass is 369 g/mol. The lowest BCUT2D eigenvalue weighted by Crippen LogP contribution is -2.18. The summed E-state index contributed by atoms with van der Waals surface area (Å²) in [5.74, 6) is -0.802. The number of halogens is 1. The Balaban J connectivity index is 2.19. The van der Waals surface area contributed by atoms with E-state index in [-0.39, 0.29) is 30.6 Å². The molecule has 0 bridgehead atoms. The molecule has 140 valence electrons. The molecule has 1 heterocycles. The highest BCUT2D eigenvalue weighted by molar-refractivity contribution is 6.03. The summed E-state index contributed by atoms with van der Waals surface area (Å²) >= 11 is 0. The Morgan fingerprint density at radius 1 is 1.37 bits per heavy atom. The molecule has 0 aliphatic heterocycles. The highest BCUT2D eigenvalue weighted by Crippen LogP contribution is 2.21. The normalized spacial score (nSPS) is 11.0. The van der Waals surface area contributed by atoms with E-state index in [2.05, 4.69) is 15.3 Å². The van der Waals surface area contributed by atoms with Gasteiger partial charge in [0.2, 0.25) is 0 Å². The second-order valence-electron chi connectivity index (χ2n) is 5.88. The summed E-state index contributed by atoms with van der Waals surface area (Å²) in [6, 6.07) is 6.67. The number of aromatic nitrogens is 1. The maximum absolute atomic E-state index is 14.3. The van der Waals surface area contributed by atoms with E-state index < -0.39 is 5.91 Å². The molecule has 3 N–H and O–H groups in total. The number of hydrogen-bond acceptors (Lipinski definition) is 5. The van der Waals surface area contributed by atoms with Crippen molar-refractivity contribution in [1.29, 1.82) is 5.26 Å². The third kappa shape index (κ3) is 5.01. The summed E-state index contributed by atoms with van der Waals surface area (Å²) in [7, 11) is 1.50. The van der Waals surface area contributed by atoms with Crippen molar-refractivity contribution in [3.05, 3.63) is 58.2 Å². The minimum atomic E-state index is -0.437. The Labute approximate surface area is 156 Å². The molecule has 1 amide bonds. The van der Waals surface area contributed by atoms with Crippen LogP contribution < -0.4 is 11.1 Å². The number of ether oxygens (including phenoxy) is 1. The fourth-order valence-corrected chi connectivity index (χ4v) is 2.49. The number of pyridine rings is 1. The van der Waals surface area contributed by atoms with Gasteiger partial charge in [-0.2, -0.15) is 5.26 Å². The summed E-state index contributed by atoms with van der Waals surface area (Å²) in [6.07, 6.45) is 1.60. The van der Waals surface area contributed by atoms with Crippen LogP contribution in [0.4, 0.5) is 10.1 Å². The van der Waals surface area contributed by atoms with Crippen LogP contribution in [0, 0.1) is 31.0 Å². The van der Waals surface area contributed by atoms with Gasteiger partial charge in [-0.3, -0.25) is 4.79 Å². The number of rotatable bonds is 5. The number of hydrogen-bond donors (Lipinski definition) is 2. The molecular weight excluding hydrogens is 349 g/mol. The third-order valence-corrected chi connectivity index (χ3v) is 3.85. The summed E-state index contributed by atoms with van der Waals surface area (Å²) < 4.78 is 19.5. The first-order valence-electron chi connectivity index (χ1n) is 8.18. The number of anilines is 1. The van der Waals surface area contributed by atoms with E-state index in [0.717, 1.165) is 0 Å². The Hall–Kier alpha value is -3.47. The second-order valence-corrected chi connectivity index (χ2v) is 5.88. The highest BCUT2D eigenvalue weighted by Gasteiger charge is 2.14. The zero-order valence-corrected chi connectivity index (χ0v) is 15.3. The molecule has 0 saturated carbocycles. The maximum Gasteiger partial charge on any atom is 0.281 e. The van der Waals surface area contributed by atoms with Crippen LogP contribution in [0.2, 0.25) is 0 Å². The zero-order valence-electron chi connectivity index (χ0n) is 15.3. The van der Waals surface area contributed by atoms with Gasteiger partial charge in [-0.25, -0.2) is 14.4 Å². The molecule has 1 aromatic carbocycles. The Morgan fingerprint density at radius 3 is 2.74 bits per heavy atom. The van der Waals surface area contributed by atoms with Gasteiger partial charge in [0, 0.05) is 25.4 Å². The van der Waals surface area contributed by atoms with Gasteiger partial charge in [-0.05, 0) is 48.7 Å². The molecule has 1 aromatic heterocycles. The maximum atomic E-state index is 14.3. The number of nitrogens with zero attached hydrogens (tertiary/aromatic N) is 3. The fraction of sp³-hybridized carbons (Fsp3) is 0.263. The van der Waals surface area contributed by atoms with Crippen LogP contribution in [0.25, 0.3) is 0 Å². The highest BCUT2D eigenvalue weighted by atomic mass is 19.1. The molecule has 2 rings (SSSR count). The van der Waals surface area contributed by atoms with Gasteiger partial charge < -0.3 is 15.8 Å². The Kier molecular flexibility index (Phi) is 6.44. The van der Waals surface area contributed by atoms with E-state index in [9.17, 15) is 9.18 Å².